The fraction of sp³-hybridized carbons (Fsp3) is 0.800. The van der Waals surface area contributed by atoms with E-state index in [2.05, 4.69) is 12.2 Å². The Balaban J connectivity index is 1.87. The first-order valence-corrected chi connectivity index (χ1v) is 7.38. The molecule has 1 saturated carbocycles. The summed E-state index contributed by atoms with van der Waals surface area (Å²) in [6.45, 7) is 8.18. The van der Waals surface area contributed by atoms with Crippen molar-refractivity contribution >= 4 is 13.1 Å². The highest BCUT2D eigenvalue weighted by molar-refractivity contribution is 6.48. The lowest BCUT2D eigenvalue weighted by molar-refractivity contribution is -0.146. The summed E-state index contributed by atoms with van der Waals surface area (Å²) in [6, 6.07) is 0. The van der Waals surface area contributed by atoms with Crippen molar-refractivity contribution in [2.24, 2.45) is 17.8 Å². The zero-order chi connectivity index (χ0) is 14.7. The molecule has 1 heterocycles. The number of rotatable bonds is 2. The molecule has 2 unspecified atom stereocenters. The van der Waals surface area contributed by atoms with Gasteiger partial charge < -0.3 is 14.0 Å². The summed E-state index contributed by atoms with van der Waals surface area (Å²) in [5.41, 5.74) is -0.715. The lowest BCUT2D eigenvalue weighted by atomic mass is 9.60. The number of hydrogen-bond acceptors (Lipinski definition) is 4. The number of carbonyl (C=O) groups excluding carboxylic acids is 1. The molecule has 3 aliphatic rings. The summed E-state index contributed by atoms with van der Waals surface area (Å²) in [5.74, 6) is 0.431. The van der Waals surface area contributed by atoms with E-state index in [0.717, 1.165) is 6.42 Å². The summed E-state index contributed by atoms with van der Waals surface area (Å²) >= 11 is 0. The van der Waals surface area contributed by atoms with E-state index < -0.39 is 0 Å². The molecule has 0 amide bonds. The molecule has 1 saturated heterocycles. The van der Waals surface area contributed by atoms with Crippen molar-refractivity contribution in [1.29, 1.82) is 0 Å². The lowest BCUT2D eigenvalue weighted by Gasteiger charge is -2.32. The summed E-state index contributed by atoms with van der Waals surface area (Å²) in [5, 5.41) is 0. The van der Waals surface area contributed by atoms with Crippen LogP contribution in [-0.4, -0.2) is 31.4 Å². The summed E-state index contributed by atoms with van der Waals surface area (Å²) in [7, 11) is 1.13. The number of esters is 1. The van der Waals surface area contributed by atoms with Gasteiger partial charge in [0.05, 0.1) is 24.2 Å². The molecule has 110 valence electrons. The minimum Gasteiger partial charge on any atom is -0.469 e. The number of fused-ring (bicyclic) bond motifs is 2. The van der Waals surface area contributed by atoms with E-state index in [1.165, 1.54) is 7.11 Å². The van der Waals surface area contributed by atoms with E-state index in [9.17, 15) is 4.79 Å². The second-order valence-electron chi connectivity index (χ2n) is 7.20. The molecule has 4 atom stereocenters. The quantitative estimate of drug-likeness (QED) is 0.442. The van der Waals surface area contributed by atoms with Gasteiger partial charge in [-0.25, -0.2) is 0 Å². The number of allylic oxidation sites excluding steroid dienone is 2. The average Bonchev–Trinajstić information content (AvgIpc) is 3.00. The Bertz CT molecular complexity index is 441. The van der Waals surface area contributed by atoms with Gasteiger partial charge in [-0.05, 0) is 46.0 Å². The molecule has 1 aliphatic heterocycles. The van der Waals surface area contributed by atoms with Crippen molar-refractivity contribution in [3.63, 3.8) is 0 Å². The van der Waals surface area contributed by atoms with Gasteiger partial charge in [-0.15, -0.1) is 0 Å². The molecule has 2 bridgehead atoms. The second kappa shape index (κ2) is 4.34. The highest BCUT2D eigenvalue weighted by Gasteiger charge is 2.61. The molecule has 0 aromatic carbocycles. The van der Waals surface area contributed by atoms with Crippen LogP contribution < -0.4 is 0 Å². The second-order valence-corrected chi connectivity index (χ2v) is 7.20. The zero-order valence-corrected chi connectivity index (χ0v) is 12.9. The number of ether oxygens (including phenoxy) is 1. The van der Waals surface area contributed by atoms with Gasteiger partial charge in [0, 0.05) is 5.82 Å². The third-order valence-corrected chi connectivity index (χ3v) is 5.58. The van der Waals surface area contributed by atoms with Gasteiger partial charge >= 0.3 is 13.1 Å². The molecule has 3 rings (SSSR count). The van der Waals surface area contributed by atoms with E-state index in [4.69, 9.17) is 14.0 Å². The molecular weight excluding hydrogens is 255 g/mol. The molecule has 0 aromatic heterocycles. The van der Waals surface area contributed by atoms with Crippen LogP contribution in [0, 0.1) is 17.8 Å². The highest BCUT2D eigenvalue weighted by atomic mass is 16.7. The molecule has 0 aromatic rings. The minimum absolute atomic E-state index is 0.0681. The van der Waals surface area contributed by atoms with E-state index in [1.54, 1.807) is 0 Å². The number of methoxy groups -OCH3 is 1. The van der Waals surface area contributed by atoms with Crippen molar-refractivity contribution in [2.75, 3.05) is 7.11 Å². The van der Waals surface area contributed by atoms with E-state index in [-0.39, 0.29) is 41.9 Å². The van der Waals surface area contributed by atoms with E-state index in [1.807, 2.05) is 27.7 Å². The largest absolute Gasteiger partial charge is 0.469 e. The first-order valence-electron chi connectivity index (χ1n) is 7.38. The van der Waals surface area contributed by atoms with Gasteiger partial charge in [-0.3, -0.25) is 4.79 Å². The van der Waals surface area contributed by atoms with Crippen molar-refractivity contribution in [2.45, 2.75) is 51.1 Å². The Morgan fingerprint density at radius 3 is 2.25 bits per heavy atom. The lowest BCUT2D eigenvalue weighted by Crippen LogP contribution is -2.41. The average molecular weight is 278 g/mol. The maximum absolute atomic E-state index is 12.1. The Labute approximate surface area is 121 Å². The maximum Gasteiger partial charge on any atom is 0.462 e. The summed E-state index contributed by atoms with van der Waals surface area (Å²) < 4.78 is 17.3. The number of hydrogen-bond donors (Lipinski definition) is 0. The van der Waals surface area contributed by atoms with E-state index in [0.29, 0.717) is 5.92 Å². The fourth-order valence-corrected chi connectivity index (χ4v) is 3.75. The van der Waals surface area contributed by atoms with Crippen LogP contribution in [0.15, 0.2) is 12.2 Å². The van der Waals surface area contributed by atoms with Gasteiger partial charge in [-0.2, -0.15) is 0 Å². The third kappa shape index (κ3) is 1.86. The Morgan fingerprint density at radius 2 is 1.70 bits per heavy atom. The molecule has 4 nitrogen and oxygen atoms in total. The maximum atomic E-state index is 12.1. The van der Waals surface area contributed by atoms with Gasteiger partial charge in [0.2, 0.25) is 0 Å². The smallest absolute Gasteiger partial charge is 0.462 e. The predicted molar refractivity (Wildman–Crippen MR) is 76.1 cm³/mol. The van der Waals surface area contributed by atoms with Crippen molar-refractivity contribution in [3.05, 3.63) is 12.2 Å². The highest BCUT2D eigenvalue weighted by Crippen LogP contribution is 2.56. The van der Waals surface area contributed by atoms with Crippen LogP contribution in [-0.2, 0) is 18.8 Å². The molecule has 20 heavy (non-hydrogen) atoms. The Hall–Kier alpha value is -0.805. The van der Waals surface area contributed by atoms with E-state index >= 15 is 0 Å². The van der Waals surface area contributed by atoms with Gasteiger partial charge in [-0.1, -0.05) is 12.2 Å². The first-order chi connectivity index (χ1) is 9.27. The normalized spacial score (nSPS) is 40.4. The van der Waals surface area contributed by atoms with Crippen LogP contribution in [0.5, 0.6) is 0 Å². The Kier molecular flexibility index (Phi) is 3.07. The van der Waals surface area contributed by atoms with Crippen molar-refractivity contribution in [3.8, 4) is 0 Å². The van der Waals surface area contributed by atoms with Gasteiger partial charge in [0.15, 0.2) is 0 Å². The molecular formula is C15H23BO4. The topological polar surface area (TPSA) is 44.8 Å². The predicted octanol–water partition coefficient (Wildman–Crippen LogP) is 2.44. The third-order valence-electron chi connectivity index (χ3n) is 5.58. The number of carbonyl (C=O) groups is 1. The van der Waals surface area contributed by atoms with Crippen LogP contribution >= 0.6 is 0 Å². The SMILES string of the molecule is COC(=O)[C@H]1C2C=CC(C2)[C@@H]1B1OC(C)(C)C(C)(C)O1. The Morgan fingerprint density at radius 1 is 1.15 bits per heavy atom. The monoisotopic (exact) mass is 278 g/mol. The van der Waals surface area contributed by atoms with Gasteiger partial charge in [0.1, 0.15) is 0 Å². The molecule has 0 N–H and O–H groups in total. The summed E-state index contributed by atoms with van der Waals surface area (Å²) in [4.78, 5) is 12.1. The molecule has 0 radical (unpaired) electrons. The van der Waals surface area contributed by atoms with Gasteiger partial charge in [0.25, 0.3) is 0 Å². The van der Waals surface area contributed by atoms with Crippen LogP contribution in [0.3, 0.4) is 0 Å². The molecule has 0 spiro atoms. The van der Waals surface area contributed by atoms with Crippen LogP contribution in [0.2, 0.25) is 5.82 Å². The molecule has 2 fully saturated rings. The molecule has 5 heteroatoms. The van der Waals surface area contributed by atoms with Crippen LogP contribution in [0.4, 0.5) is 0 Å². The summed E-state index contributed by atoms with van der Waals surface area (Å²) in [6.07, 6.45) is 5.36. The van der Waals surface area contributed by atoms with Crippen molar-refractivity contribution in [1.82, 2.24) is 0 Å². The molecule has 2 aliphatic carbocycles. The van der Waals surface area contributed by atoms with Crippen LogP contribution in [0.25, 0.3) is 0 Å². The minimum atomic E-state index is -0.357. The van der Waals surface area contributed by atoms with Crippen molar-refractivity contribution < 1.29 is 18.8 Å². The standard InChI is InChI=1S/C15H23BO4/c1-14(2)15(3,4)20-16(19-14)12-10-7-6-9(8-10)11(12)13(17)18-5/h6-7,9-12H,8H2,1-5H3/t9?,10?,11-,12-/m0/s1. The fourth-order valence-electron chi connectivity index (χ4n) is 3.75. The zero-order valence-electron chi connectivity index (χ0n) is 12.9. The van der Waals surface area contributed by atoms with Crippen LogP contribution in [0.1, 0.15) is 34.1 Å². The first kappa shape index (κ1) is 14.1.